The SMILES string of the molecule is CCO[SiH](C)OCCCCP(C1CCCCC1)C1CCCCC1. The molecule has 136 valence electrons. The van der Waals surface area contributed by atoms with Crippen molar-refractivity contribution in [2.75, 3.05) is 19.4 Å². The van der Waals surface area contributed by atoms with Crippen molar-refractivity contribution in [1.82, 2.24) is 0 Å². The molecule has 0 aromatic heterocycles. The minimum absolute atomic E-state index is 0.289. The van der Waals surface area contributed by atoms with Crippen molar-refractivity contribution in [3.8, 4) is 0 Å². The van der Waals surface area contributed by atoms with E-state index in [1.54, 1.807) is 25.7 Å². The van der Waals surface area contributed by atoms with E-state index in [2.05, 4.69) is 13.5 Å². The molecule has 1 unspecified atom stereocenters. The minimum Gasteiger partial charge on any atom is -0.397 e. The molecule has 2 rings (SSSR count). The van der Waals surface area contributed by atoms with Gasteiger partial charge in [0.2, 0.25) is 0 Å². The van der Waals surface area contributed by atoms with Gasteiger partial charge in [-0.3, -0.25) is 0 Å². The maximum atomic E-state index is 5.88. The van der Waals surface area contributed by atoms with Gasteiger partial charge in [-0.1, -0.05) is 38.5 Å². The summed E-state index contributed by atoms with van der Waals surface area (Å²) in [7, 11) is -1.03. The quantitative estimate of drug-likeness (QED) is 0.278. The summed E-state index contributed by atoms with van der Waals surface area (Å²) in [5.41, 5.74) is 2.22. The molecule has 2 aliphatic carbocycles. The Hall–Kier alpha value is 0.567. The zero-order chi connectivity index (χ0) is 16.3. The molecule has 0 heterocycles. The average Bonchev–Trinajstić information content (AvgIpc) is 2.60. The van der Waals surface area contributed by atoms with E-state index in [0.29, 0.717) is 0 Å². The second kappa shape index (κ2) is 12.0. The molecular formula is C19H39O2PSi. The van der Waals surface area contributed by atoms with E-state index in [0.717, 1.165) is 24.5 Å². The summed E-state index contributed by atoms with van der Waals surface area (Å²) in [6, 6.07) is 0. The third-order valence-electron chi connectivity index (χ3n) is 5.65. The number of hydrogen-bond donors (Lipinski definition) is 0. The molecule has 0 aromatic rings. The third-order valence-corrected chi connectivity index (χ3v) is 10.9. The predicted octanol–water partition coefficient (Wildman–Crippen LogP) is 5.82. The van der Waals surface area contributed by atoms with Gasteiger partial charge in [0, 0.05) is 13.2 Å². The second-order valence-electron chi connectivity index (χ2n) is 7.42. The van der Waals surface area contributed by atoms with Crippen molar-refractivity contribution >= 4 is 17.2 Å². The van der Waals surface area contributed by atoms with Crippen molar-refractivity contribution in [1.29, 1.82) is 0 Å². The van der Waals surface area contributed by atoms with Crippen molar-refractivity contribution in [3.05, 3.63) is 0 Å². The van der Waals surface area contributed by atoms with E-state index in [4.69, 9.17) is 8.85 Å². The zero-order valence-electron chi connectivity index (χ0n) is 15.6. The number of rotatable bonds is 10. The van der Waals surface area contributed by atoms with Crippen LogP contribution in [0.5, 0.6) is 0 Å². The molecule has 0 aliphatic heterocycles. The summed E-state index contributed by atoms with van der Waals surface area (Å²) in [6.07, 6.45) is 19.4. The van der Waals surface area contributed by atoms with E-state index in [9.17, 15) is 0 Å². The molecule has 0 saturated heterocycles. The van der Waals surface area contributed by atoms with Crippen molar-refractivity contribution < 1.29 is 8.85 Å². The van der Waals surface area contributed by atoms with Crippen molar-refractivity contribution in [2.24, 2.45) is 0 Å². The molecule has 0 aromatic carbocycles. The Labute approximate surface area is 147 Å². The highest BCUT2D eigenvalue weighted by Crippen LogP contribution is 2.56. The van der Waals surface area contributed by atoms with Gasteiger partial charge in [0.15, 0.2) is 0 Å². The van der Waals surface area contributed by atoms with Crippen molar-refractivity contribution in [2.45, 2.75) is 102 Å². The summed E-state index contributed by atoms with van der Waals surface area (Å²) in [5.74, 6) is 0. The maximum Gasteiger partial charge on any atom is 0.318 e. The lowest BCUT2D eigenvalue weighted by Gasteiger charge is -2.38. The molecule has 0 N–H and O–H groups in total. The van der Waals surface area contributed by atoms with Gasteiger partial charge in [-0.2, -0.15) is 0 Å². The smallest absolute Gasteiger partial charge is 0.318 e. The fourth-order valence-electron chi connectivity index (χ4n) is 4.42. The van der Waals surface area contributed by atoms with Gasteiger partial charge in [0.05, 0.1) is 0 Å². The van der Waals surface area contributed by atoms with Crippen LogP contribution in [0.25, 0.3) is 0 Å². The minimum atomic E-state index is -1.32. The van der Waals surface area contributed by atoms with Crippen molar-refractivity contribution in [3.63, 3.8) is 0 Å². The fourth-order valence-corrected chi connectivity index (χ4v) is 9.45. The maximum absolute atomic E-state index is 5.88. The van der Waals surface area contributed by atoms with Crippen LogP contribution in [-0.2, 0) is 8.85 Å². The highest BCUT2D eigenvalue weighted by atomic mass is 31.1. The monoisotopic (exact) mass is 358 g/mol. The summed E-state index contributed by atoms with van der Waals surface area (Å²) < 4.78 is 11.5. The number of hydrogen-bond acceptors (Lipinski definition) is 2. The summed E-state index contributed by atoms with van der Waals surface area (Å²) in [6.45, 7) is 5.96. The molecule has 0 radical (unpaired) electrons. The predicted molar refractivity (Wildman–Crippen MR) is 105 cm³/mol. The first-order valence-electron chi connectivity index (χ1n) is 10.3. The molecule has 0 spiro atoms. The van der Waals surface area contributed by atoms with Gasteiger partial charge in [0.25, 0.3) is 0 Å². The van der Waals surface area contributed by atoms with Crippen LogP contribution in [0.2, 0.25) is 6.55 Å². The Kier molecular flexibility index (Phi) is 10.4. The van der Waals surface area contributed by atoms with Crippen LogP contribution in [0.1, 0.15) is 84.0 Å². The highest BCUT2D eigenvalue weighted by molar-refractivity contribution is 7.59. The molecular weight excluding hydrogens is 319 g/mol. The molecule has 2 aliphatic rings. The first kappa shape index (κ1) is 19.9. The van der Waals surface area contributed by atoms with Gasteiger partial charge < -0.3 is 8.85 Å². The molecule has 4 heteroatoms. The Morgan fingerprint density at radius 2 is 1.39 bits per heavy atom. The lowest BCUT2D eigenvalue weighted by molar-refractivity contribution is 0.207. The average molecular weight is 359 g/mol. The highest BCUT2D eigenvalue weighted by Gasteiger charge is 2.30. The van der Waals surface area contributed by atoms with E-state index in [1.165, 1.54) is 57.5 Å². The fraction of sp³-hybridized carbons (Fsp3) is 1.00. The van der Waals surface area contributed by atoms with Crippen LogP contribution >= 0.6 is 7.92 Å². The van der Waals surface area contributed by atoms with Crippen LogP contribution in [0.3, 0.4) is 0 Å². The third kappa shape index (κ3) is 7.55. The molecule has 23 heavy (non-hydrogen) atoms. The topological polar surface area (TPSA) is 18.5 Å². The van der Waals surface area contributed by atoms with Crippen LogP contribution in [-0.4, -0.2) is 40.0 Å². The molecule has 0 amide bonds. The van der Waals surface area contributed by atoms with E-state index < -0.39 is 9.28 Å². The second-order valence-corrected chi connectivity index (χ2v) is 12.2. The first-order valence-corrected chi connectivity index (χ1v) is 14.1. The van der Waals surface area contributed by atoms with E-state index in [1.807, 2.05) is 0 Å². The normalized spacial score (nSPS) is 22.6. The lowest BCUT2D eigenvalue weighted by atomic mass is 9.99. The van der Waals surface area contributed by atoms with E-state index in [-0.39, 0.29) is 7.92 Å². The summed E-state index contributed by atoms with van der Waals surface area (Å²) in [4.78, 5) is 0. The number of unbranched alkanes of at least 4 members (excludes halogenated alkanes) is 1. The summed E-state index contributed by atoms with van der Waals surface area (Å²) >= 11 is 0. The first-order chi connectivity index (χ1) is 11.3. The molecule has 2 fully saturated rings. The largest absolute Gasteiger partial charge is 0.397 e. The van der Waals surface area contributed by atoms with Gasteiger partial charge in [0.1, 0.15) is 0 Å². The Balaban J connectivity index is 1.71. The van der Waals surface area contributed by atoms with Crippen LogP contribution < -0.4 is 0 Å². The summed E-state index contributed by atoms with van der Waals surface area (Å²) in [5, 5.41) is 0. The van der Waals surface area contributed by atoms with Gasteiger partial charge >= 0.3 is 9.28 Å². The van der Waals surface area contributed by atoms with Gasteiger partial charge in [-0.05, 0) is 69.5 Å². The standard InChI is InChI=1S/C19H39O2PSi/c1-3-20-23(2)21-16-10-11-17-22(18-12-6-4-7-13-18)19-14-8-5-9-15-19/h18-19,23H,3-17H2,1-2H3. The van der Waals surface area contributed by atoms with Crippen LogP contribution in [0, 0.1) is 0 Å². The van der Waals surface area contributed by atoms with Gasteiger partial charge in [-0.25, -0.2) is 0 Å². The molecule has 0 bridgehead atoms. The zero-order valence-corrected chi connectivity index (χ0v) is 17.7. The van der Waals surface area contributed by atoms with Crippen LogP contribution in [0.4, 0.5) is 0 Å². The molecule has 1 atom stereocenters. The van der Waals surface area contributed by atoms with Gasteiger partial charge in [-0.15, -0.1) is 7.92 Å². The Morgan fingerprint density at radius 1 is 0.826 bits per heavy atom. The Bertz CT molecular complexity index is 273. The Morgan fingerprint density at radius 3 is 1.91 bits per heavy atom. The van der Waals surface area contributed by atoms with Crippen LogP contribution in [0.15, 0.2) is 0 Å². The van der Waals surface area contributed by atoms with E-state index >= 15 is 0 Å². The molecule has 2 saturated carbocycles. The lowest BCUT2D eigenvalue weighted by Crippen LogP contribution is -2.22. The molecule has 2 nitrogen and oxygen atoms in total.